The Morgan fingerprint density at radius 1 is 1.09 bits per heavy atom. The van der Waals surface area contributed by atoms with Crippen molar-refractivity contribution in [1.29, 1.82) is 0 Å². The smallest absolute Gasteiger partial charge is 0.291 e. The number of nitrogens with zero attached hydrogens (tertiary/aromatic N) is 2. The Hall–Kier alpha value is -2.46. The molecule has 2 aliphatic rings. The van der Waals surface area contributed by atoms with Crippen LogP contribution in [0, 0.1) is 0 Å². The third-order valence-corrected chi connectivity index (χ3v) is 4.88. The molecule has 2 aromatic rings. The van der Waals surface area contributed by atoms with E-state index in [1.807, 2.05) is 19.2 Å². The Morgan fingerprint density at radius 2 is 1.83 bits per heavy atom. The summed E-state index contributed by atoms with van der Waals surface area (Å²) in [6.07, 6.45) is 2.11. The van der Waals surface area contributed by atoms with Gasteiger partial charge in [0.15, 0.2) is 0 Å². The van der Waals surface area contributed by atoms with Crippen LogP contribution in [0.3, 0.4) is 0 Å². The zero-order valence-corrected chi connectivity index (χ0v) is 13.0. The number of amides is 1. The third-order valence-electron chi connectivity index (χ3n) is 4.88. The topological polar surface area (TPSA) is 40.6 Å². The zero-order chi connectivity index (χ0) is 16.0. The average Bonchev–Trinajstić information content (AvgIpc) is 3.11. The molecule has 1 atom stereocenters. The summed E-state index contributed by atoms with van der Waals surface area (Å²) in [7, 11) is 2.02. The average molecular weight is 306 g/mol. The fourth-order valence-corrected chi connectivity index (χ4v) is 3.70. The Balaban J connectivity index is 1.60. The molecule has 0 N–H and O–H groups in total. The second kappa shape index (κ2) is 5.32. The first kappa shape index (κ1) is 14.2. The number of anilines is 1. The van der Waals surface area contributed by atoms with E-state index in [1.165, 1.54) is 11.1 Å². The van der Waals surface area contributed by atoms with Crippen LogP contribution in [0.2, 0.25) is 0 Å². The molecule has 0 aromatic heterocycles. The quantitative estimate of drug-likeness (QED) is 0.819. The summed E-state index contributed by atoms with van der Waals surface area (Å²) >= 11 is 0. The number of carbonyl (C=O) groups excluding carboxylic acids is 2. The van der Waals surface area contributed by atoms with E-state index in [0.29, 0.717) is 18.3 Å². The number of para-hydroxylation sites is 1. The van der Waals surface area contributed by atoms with Crippen LogP contribution in [-0.2, 0) is 11.2 Å². The molecule has 4 nitrogen and oxygen atoms in total. The van der Waals surface area contributed by atoms with Crippen LogP contribution in [0.15, 0.2) is 48.5 Å². The molecule has 116 valence electrons. The van der Waals surface area contributed by atoms with Crippen molar-refractivity contribution in [2.45, 2.75) is 18.9 Å². The summed E-state index contributed by atoms with van der Waals surface area (Å²) in [5, 5.41) is 0. The molecule has 0 bridgehead atoms. The van der Waals surface area contributed by atoms with Crippen molar-refractivity contribution < 1.29 is 9.59 Å². The van der Waals surface area contributed by atoms with Crippen molar-refractivity contribution in [2.24, 2.45) is 0 Å². The van der Waals surface area contributed by atoms with Crippen LogP contribution < -0.4 is 4.90 Å². The number of ketones is 1. The zero-order valence-electron chi connectivity index (χ0n) is 13.0. The minimum absolute atomic E-state index is 0.293. The molecule has 1 unspecified atom stereocenters. The number of rotatable bonds is 3. The second-order valence-electron chi connectivity index (χ2n) is 6.23. The predicted molar refractivity (Wildman–Crippen MR) is 88.4 cm³/mol. The van der Waals surface area contributed by atoms with Gasteiger partial charge in [0.2, 0.25) is 0 Å². The van der Waals surface area contributed by atoms with Crippen molar-refractivity contribution in [3.63, 3.8) is 0 Å². The van der Waals surface area contributed by atoms with Gasteiger partial charge >= 0.3 is 5.91 Å². The maximum atomic E-state index is 12.3. The van der Waals surface area contributed by atoms with E-state index in [-0.39, 0.29) is 0 Å². The molecule has 0 spiro atoms. The first-order valence-electron chi connectivity index (χ1n) is 7.90. The number of fused-ring (bicyclic) bond motifs is 2. The predicted octanol–water partition coefficient (Wildman–Crippen LogP) is 2.79. The van der Waals surface area contributed by atoms with Gasteiger partial charge in [0.25, 0.3) is 5.78 Å². The van der Waals surface area contributed by atoms with E-state index in [0.717, 1.165) is 18.5 Å². The minimum Gasteiger partial charge on any atom is -0.291 e. The fraction of sp³-hybridized carbons (Fsp3) is 0.263. The normalized spacial score (nSPS) is 19.4. The molecule has 4 rings (SSSR count). The van der Waals surface area contributed by atoms with Gasteiger partial charge in [-0.3, -0.25) is 19.4 Å². The number of Topliss-reactive ketones (excluding diaryl/α,β-unsaturated/α-hetero) is 1. The highest BCUT2D eigenvalue weighted by molar-refractivity contribution is 6.52. The number of aryl methyl sites for hydroxylation is 1. The van der Waals surface area contributed by atoms with E-state index >= 15 is 0 Å². The summed E-state index contributed by atoms with van der Waals surface area (Å²) in [5.41, 5.74) is 3.95. The molecular weight excluding hydrogens is 288 g/mol. The van der Waals surface area contributed by atoms with Crippen LogP contribution in [0.25, 0.3) is 0 Å². The number of carbonyl (C=O) groups is 2. The van der Waals surface area contributed by atoms with Crippen LogP contribution in [-0.4, -0.2) is 30.3 Å². The molecule has 23 heavy (non-hydrogen) atoms. The molecule has 4 heteroatoms. The van der Waals surface area contributed by atoms with Gasteiger partial charge in [-0.1, -0.05) is 36.4 Å². The lowest BCUT2D eigenvalue weighted by atomic mass is 10.1. The highest BCUT2D eigenvalue weighted by Crippen LogP contribution is 2.36. The molecule has 0 fully saturated rings. The Bertz CT molecular complexity index is 799. The first-order valence-corrected chi connectivity index (χ1v) is 7.90. The largest absolute Gasteiger partial charge is 0.300 e. The molecule has 0 saturated heterocycles. The second-order valence-corrected chi connectivity index (χ2v) is 6.23. The summed E-state index contributed by atoms with van der Waals surface area (Å²) in [6, 6.07) is 16.0. The maximum absolute atomic E-state index is 12.3. The van der Waals surface area contributed by atoms with Crippen molar-refractivity contribution in [1.82, 2.24) is 4.90 Å². The monoisotopic (exact) mass is 306 g/mol. The van der Waals surface area contributed by atoms with E-state index < -0.39 is 11.7 Å². The van der Waals surface area contributed by atoms with Gasteiger partial charge in [-0.15, -0.1) is 0 Å². The van der Waals surface area contributed by atoms with Crippen molar-refractivity contribution in [2.75, 3.05) is 18.6 Å². The van der Waals surface area contributed by atoms with Gasteiger partial charge < -0.3 is 0 Å². The first-order chi connectivity index (χ1) is 11.2. The molecule has 1 aliphatic heterocycles. The molecule has 0 radical (unpaired) electrons. The lowest BCUT2D eigenvalue weighted by molar-refractivity contribution is -0.114. The van der Waals surface area contributed by atoms with Gasteiger partial charge in [-0.25, -0.2) is 0 Å². The summed E-state index contributed by atoms with van der Waals surface area (Å²) in [4.78, 5) is 28.2. The highest BCUT2D eigenvalue weighted by atomic mass is 16.2. The van der Waals surface area contributed by atoms with E-state index in [4.69, 9.17) is 0 Å². The van der Waals surface area contributed by atoms with Crippen LogP contribution in [0.5, 0.6) is 0 Å². The molecule has 0 saturated carbocycles. The van der Waals surface area contributed by atoms with Gasteiger partial charge in [-0.2, -0.15) is 0 Å². The van der Waals surface area contributed by atoms with Crippen molar-refractivity contribution >= 4 is 17.4 Å². The molecule has 1 amide bonds. The Morgan fingerprint density at radius 3 is 2.70 bits per heavy atom. The number of benzene rings is 2. The molecule has 1 heterocycles. The fourth-order valence-electron chi connectivity index (χ4n) is 3.70. The third kappa shape index (κ3) is 2.18. The van der Waals surface area contributed by atoms with Gasteiger partial charge in [-0.05, 0) is 43.1 Å². The van der Waals surface area contributed by atoms with Crippen molar-refractivity contribution in [3.05, 3.63) is 65.2 Å². The molecular formula is C19H18N2O2. The van der Waals surface area contributed by atoms with Crippen LogP contribution >= 0.6 is 0 Å². The Labute approximate surface area is 135 Å². The van der Waals surface area contributed by atoms with E-state index in [2.05, 4.69) is 29.2 Å². The standard InChI is InChI=1S/C19H18N2O2/c1-20(16-11-10-13-6-2-3-7-14(13)16)12-21-17-9-5-4-8-15(17)18(22)19(21)23/h2-9,16H,10-12H2,1H3. The van der Waals surface area contributed by atoms with E-state index in [1.54, 1.807) is 17.0 Å². The summed E-state index contributed by atoms with van der Waals surface area (Å²) in [5.74, 6) is -0.829. The Kier molecular flexibility index (Phi) is 3.27. The SMILES string of the molecule is CN(CN1C(=O)C(=O)c2ccccc21)C1CCc2ccccc21. The highest BCUT2D eigenvalue weighted by Gasteiger charge is 2.37. The van der Waals surface area contributed by atoms with Crippen molar-refractivity contribution in [3.8, 4) is 0 Å². The van der Waals surface area contributed by atoms with Gasteiger partial charge in [0.05, 0.1) is 17.9 Å². The van der Waals surface area contributed by atoms with Gasteiger partial charge in [0.1, 0.15) is 0 Å². The number of hydrogen-bond acceptors (Lipinski definition) is 3. The van der Waals surface area contributed by atoms with Gasteiger partial charge in [0, 0.05) is 6.04 Å². The van der Waals surface area contributed by atoms with Crippen LogP contribution in [0.4, 0.5) is 5.69 Å². The molecule has 2 aromatic carbocycles. The molecule has 1 aliphatic carbocycles. The van der Waals surface area contributed by atoms with Crippen LogP contribution in [0.1, 0.15) is 33.9 Å². The minimum atomic E-state index is -0.427. The lowest BCUT2D eigenvalue weighted by Gasteiger charge is -2.29. The maximum Gasteiger partial charge on any atom is 0.300 e. The summed E-state index contributed by atoms with van der Waals surface area (Å²) < 4.78 is 0. The number of hydrogen-bond donors (Lipinski definition) is 0. The summed E-state index contributed by atoms with van der Waals surface area (Å²) in [6.45, 7) is 0.431. The van der Waals surface area contributed by atoms with E-state index in [9.17, 15) is 9.59 Å². The lowest BCUT2D eigenvalue weighted by Crippen LogP contribution is -2.40.